The van der Waals surface area contributed by atoms with Crippen LogP contribution in [-0.4, -0.2) is 15.6 Å². The Balaban J connectivity index is 2.71. The lowest BCUT2D eigenvalue weighted by molar-refractivity contribution is 0.0695. The van der Waals surface area contributed by atoms with Crippen LogP contribution >= 0.6 is 34.2 Å². The van der Waals surface area contributed by atoms with Crippen molar-refractivity contribution >= 4 is 40.2 Å². The lowest BCUT2D eigenvalue weighted by Crippen LogP contribution is -2.18. The number of aromatic nitrogens is 1. The number of aryl methyl sites for hydroxylation is 1. The highest BCUT2D eigenvalue weighted by molar-refractivity contribution is 14.1. The van der Waals surface area contributed by atoms with Crippen LogP contribution in [0.5, 0.6) is 0 Å². The fraction of sp³-hybridized carbons (Fsp3) is 0.0769. The third kappa shape index (κ3) is 2.82. The highest BCUT2D eigenvalue weighted by Crippen LogP contribution is 2.23. The molecule has 0 saturated carbocycles. The molecule has 0 unspecified atom stereocenters. The molecule has 2 rings (SSSR count). The molecule has 1 heterocycles. The lowest BCUT2D eigenvalue weighted by atomic mass is 10.2. The van der Waals surface area contributed by atoms with Gasteiger partial charge >= 0.3 is 5.97 Å². The van der Waals surface area contributed by atoms with E-state index in [-0.39, 0.29) is 5.56 Å². The summed E-state index contributed by atoms with van der Waals surface area (Å²) in [6.45, 7) is 1.72. The number of carboxylic acid groups (broad SMARTS) is 1. The van der Waals surface area contributed by atoms with Crippen LogP contribution in [0.2, 0.25) is 5.02 Å². The number of rotatable bonds is 2. The number of halogens is 2. The first kappa shape index (κ1) is 14.1. The van der Waals surface area contributed by atoms with Crippen LogP contribution in [-0.2, 0) is 0 Å². The predicted octanol–water partition coefficient (Wildman–Crippen LogP) is 3.10. The summed E-state index contributed by atoms with van der Waals surface area (Å²) in [4.78, 5) is 22.6. The molecule has 19 heavy (non-hydrogen) atoms. The Labute approximate surface area is 127 Å². The van der Waals surface area contributed by atoms with E-state index in [1.165, 1.54) is 12.3 Å². The normalized spacial score (nSPS) is 10.5. The van der Waals surface area contributed by atoms with E-state index in [2.05, 4.69) is 22.6 Å². The molecule has 4 nitrogen and oxygen atoms in total. The summed E-state index contributed by atoms with van der Waals surface area (Å²) in [5, 5.41) is 9.49. The van der Waals surface area contributed by atoms with Crippen LogP contribution in [0, 0.1) is 10.5 Å². The average Bonchev–Trinajstić information content (AvgIpc) is 2.30. The number of hydrogen-bond acceptors (Lipinski definition) is 2. The van der Waals surface area contributed by atoms with Gasteiger partial charge in [0.15, 0.2) is 5.43 Å². The van der Waals surface area contributed by atoms with Gasteiger partial charge in [-0.15, -0.1) is 0 Å². The molecule has 0 fully saturated rings. The minimum atomic E-state index is -1.25. The smallest absolute Gasteiger partial charge is 0.341 e. The molecule has 0 aliphatic rings. The van der Waals surface area contributed by atoms with Crippen molar-refractivity contribution in [2.75, 3.05) is 0 Å². The van der Waals surface area contributed by atoms with Crippen molar-refractivity contribution in [1.29, 1.82) is 0 Å². The summed E-state index contributed by atoms with van der Waals surface area (Å²) in [5.74, 6) is -1.25. The topological polar surface area (TPSA) is 59.3 Å². The van der Waals surface area contributed by atoms with Gasteiger partial charge in [-0.2, -0.15) is 0 Å². The largest absolute Gasteiger partial charge is 0.477 e. The van der Waals surface area contributed by atoms with Gasteiger partial charge in [0.1, 0.15) is 5.56 Å². The lowest BCUT2D eigenvalue weighted by Gasteiger charge is -2.13. The SMILES string of the molecule is Cc1cc(=O)c(C(=O)O)cn1-c1ccc(I)cc1Cl. The minimum absolute atomic E-state index is 0.278. The predicted molar refractivity (Wildman–Crippen MR) is 81.5 cm³/mol. The van der Waals surface area contributed by atoms with Gasteiger partial charge in [0, 0.05) is 21.5 Å². The van der Waals surface area contributed by atoms with Crippen LogP contribution < -0.4 is 5.43 Å². The second-order valence-corrected chi connectivity index (χ2v) is 5.62. The van der Waals surface area contributed by atoms with Gasteiger partial charge in [-0.25, -0.2) is 4.79 Å². The molecule has 0 amide bonds. The molecule has 98 valence electrons. The summed E-state index contributed by atoms with van der Waals surface area (Å²) in [6.07, 6.45) is 1.30. The maximum atomic E-state index is 11.6. The highest BCUT2D eigenvalue weighted by atomic mass is 127. The molecule has 1 N–H and O–H groups in total. The van der Waals surface area contributed by atoms with E-state index in [0.29, 0.717) is 16.4 Å². The van der Waals surface area contributed by atoms with E-state index in [1.54, 1.807) is 23.6 Å². The second kappa shape index (κ2) is 5.34. The van der Waals surface area contributed by atoms with Crippen molar-refractivity contribution in [3.63, 3.8) is 0 Å². The van der Waals surface area contributed by atoms with Gasteiger partial charge in [0.2, 0.25) is 0 Å². The van der Waals surface area contributed by atoms with Crippen molar-refractivity contribution < 1.29 is 9.90 Å². The number of aromatic carboxylic acids is 1. The standard InChI is InChI=1S/C13H9ClINO3/c1-7-4-12(17)9(13(18)19)6-16(7)11-3-2-8(15)5-10(11)14/h2-6H,1H3,(H,18,19). The van der Waals surface area contributed by atoms with Gasteiger partial charge in [-0.1, -0.05) is 11.6 Å². The van der Waals surface area contributed by atoms with E-state index in [0.717, 1.165) is 3.57 Å². The molecule has 0 spiro atoms. The maximum Gasteiger partial charge on any atom is 0.341 e. The molecule has 0 aliphatic carbocycles. The fourth-order valence-electron chi connectivity index (χ4n) is 1.73. The Kier molecular flexibility index (Phi) is 3.96. The summed E-state index contributed by atoms with van der Waals surface area (Å²) in [7, 11) is 0. The molecule has 0 atom stereocenters. The number of carbonyl (C=O) groups is 1. The molecular weight excluding hydrogens is 381 g/mol. The zero-order chi connectivity index (χ0) is 14.2. The molecule has 0 aliphatic heterocycles. The van der Waals surface area contributed by atoms with Crippen LogP contribution in [0.1, 0.15) is 16.1 Å². The highest BCUT2D eigenvalue weighted by Gasteiger charge is 2.13. The van der Waals surface area contributed by atoms with E-state index in [4.69, 9.17) is 16.7 Å². The van der Waals surface area contributed by atoms with Crippen LogP contribution in [0.25, 0.3) is 5.69 Å². The average molecular weight is 390 g/mol. The number of nitrogens with zero attached hydrogens (tertiary/aromatic N) is 1. The quantitative estimate of drug-likeness (QED) is 0.803. The Hall–Kier alpha value is -1.34. The number of pyridine rings is 1. The number of carboxylic acids is 1. The van der Waals surface area contributed by atoms with Gasteiger partial charge in [-0.3, -0.25) is 4.79 Å². The summed E-state index contributed by atoms with van der Waals surface area (Å²) >= 11 is 8.29. The van der Waals surface area contributed by atoms with Crippen LogP contribution in [0.4, 0.5) is 0 Å². The van der Waals surface area contributed by atoms with E-state index < -0.39 is 11.4 Å². The van der Waals surface area contributed by atoms with Gasteiger partial charge in [0.25, 0.3) is 0 Å². The first-order valence-electron chi connectivity index (χ1n) is 5.32. The number of hydrogen-bond donors (Lipinski definition) is 1. The molecule has 6 heteroatoms. The monoisotopic (exact) mass is 389 g/mol. The minimum Gasteiger partial charge on any atom is -0.477 e. The molecule has 1 aromatic carbocycles. The van der Waals surface area contributed by atoms with Crippen molar-refractivity contribution in [3.05, 3.63) is 60.5 Å². The summed E-state index contributed by atoms with van der Waals surface area (Å²) < 4.78 is 2.58. The molecule has 0 saturated heterocycles. The van der Waals surface area contributed by atoms with Crippen molar-refractivity contribution in [2.24, 2.45) is 0 Å². The third-order valence-electron chi connectivity index (χ3n) is 2.64. The van der Waals surface area contributed by atoms with Crippen LogP contribution in [0.15, 0.2) is 35.3 Å². The van der Waals surface area contributed by atoms with Gasteiger partial charge < -0.3 is 9.67 Å². The number of benzene rings is 1. The Morgan fingerprint density at radius 2 is 2.05 bits per heavy atom. The zero-order valence-electron chi connectivity index (χ0n) is 9.85. The summed E-state index contributed by atoms with van der Waals surface area (Å²) in [6, 6.07) is 6.71. The van der Waals surface area contributed by atoms with Gasteiger partial charge in [0.05, 0.1) is 10.7 Å². The second-order valence-electron chi connectivity index (χ2n) is 3.96. The molecule has 2 aromatic rings. The first-order chi connectivity index (χ1) is 8.90. The van der Waals surface area contributed by atoms with E-state index in [9.17, 15) is 9.59 Å². The Morgan fingerprint density at radius 1 is 1.37 bits per heavy atom. The molecule has 0 bridgehead atoms. The zero-order valence-corrected chi connectivity index (χ0v) is 12.8. The maximum absolute atomic E-state index is 11.6. The fourth-order valence-corrected chi connectivity index (χ4v) is 2.68. The van der Waals surface area contributed by atoms with E-state index in [1.807, 2.05) is 6.07 Å². The van der Waals surface area contributed by atoms with Crippen molar-refractivity contribution in [3.8, 4) is 5.69 Å². The Bertz CT molecular complexity index is 724. The molecule has 1 aromatic heterocycles. The van der Waals surface area contributed by atoms with Crippen molar-refractivity contribution in [2.45, 2.75) is 6.92 Å². The van der Waals surface area contributed by atoms with Gasteiger partial charge in [-0.05, 0) is 47.7 Å². The summed E-state index contributed by atoms with van der Waals surface area (Å²) in [5.41, 5.74) is 0.475. The molecular formula is C13H9ClINO3. The Morgan fingerprint density at radius 3 is 2.63 bits per heavy atom. The first-order valence-corrected chi connectivity index (χ1v) is 6.78. The van der Waals surface area contributed by atoms with E-state index >= 15 is 0 Å². The molecule has 0 radical (unpaired) electrons. The van der Waals surface area contributed by atoms with Crippen LogP contribution in [0.3, 0.4) is 0 Å². The van der Waals surface area contributed by atoms with Crippen molar-refractivity contribution in [1.82, 2.24) is 4.57 Å². The third-order valence-corrected chi connectivity index (χ3v) is 3.62.